The van der Waals surface area contributed by atoms with E-state index in [4.69, 9.17) is 11.6 Å². The highest BCUT2D eigenvalue weighted by Crippen LogP contribution is 2.61. The maximum Gasteiger partial charge on any atom is 0.497 e. The molecule has 1 aliphatic rings. The summed E-state index contributed by atoms with van der Waals surface area (Å²) in [5, 5.41) is 0.208. The molecule has 12 heteroatoms. The third-order valence-electron chi connectivity index (χ3n) is 5.37. The van der Waals surface area contributed by atoms with Gasteiger partial charge in [0.25, 0.3) is 0 Å². The summed E-state index contributed by atoms with van der Waals surface area (Å²) in [6, 6.07) is 6.95. The Balaban J connectivity index is 2.13. The molecule has 0 aliphatic heterocycles. The van der Waals surface area contributed by atoms with E-state index >= 15 is 0 Å². The summed E-state index contributed by atoms with van der Waals surface area (Å²) in [5.41, 5.74) is -7.72. The van der Waals surface area contributed by atoms with Crippen LogP contribution in [-0.4, -0.2) is 28.1 Å². The van der Waals surface area contributed by atoms with Crippen molar-refractivity contribution in [2.75, 3.05) is 5.75 Å². The van der Waals surface area contributed by atoms with Gasteiger partial charge in [-0.1, -0.05) is 18.5 Å². The Hall–Kier alpha value is -1.72. The molecule has 0 N–H and O–H groups in total. The van der Waals surface area contributed by atoms with Crippen molar-refractivity contribution < 1.29 is 38.8 Å². The molecule has 2 aromatic rings. The summed E-state index contributed by atoms with van der Waals surface area (Å²) >= 11 is 5.77. The van der Waals surface area contributed by atoms with Gasteiger partial charge in [0.2, 0.25) is 9.84 Å². The van der Waals surface area contributed by atoms with Crippen LogP contribution in [0.15, 0.2) is 47.4 Å². The molecule has 0 radical (unpaired) electrons. The molecule has 31 heavy (non-hydrogen) atoms. The van der Waals surface area contributed by atoms with Crippen LogP contribution in [0.2, 0.25) is 5.02 Å². The van der Waals surface area contributed by atoms with Crippen LogP contribution >= 0.6 is 11.6 Å². The molecule has 2 aromatic carbocycles. The highest BCUT2D eigenvalue weighted by atomic mass is 35.5. The SMILES string of the molecule is CC1(CS(=O)(=O)C(F)(F)F)CC(c2cc(F)ccc2F)(S(=O)(=O)c2ccc(Cl)cc2)C1. The van der Waals surface area contributed by atoms with Gasteiger partial charge in [0.1, 0.15) is 16.4 Å². The second-order valence-corrected chi connectivity index (χ2v) is 12.6. The van der Waals surface area contributed by atoms with Gasteiger partial charge in [-0.2, -0.15) is 13.2 Å². The largest absolute Gasteiger partial charge is 0.497 e. The molecule has 0 heterocycles. The van der Waals surface area contributed by atoms with Crippen LogP contribution in [0.1, 0.15) is 25.3 Å². The van der Waals surface area contributed by atoms with Gasteiger partial charge in [-0.3, -0.25) is 0 Å². The Morgan fingerprint density at radius 3 is 2.03 bits per heavy atom. The Bertz CT molecular complexity index is 1220. The van der Waals surface area contributed by atoms with Crippen molar-refractivity contribution in [2.45, 2.75) is 34.9 Å². The van der Waals surface area contributed by atoms with Crippen LogP contribution < -0.4 is 0 Å². The highest BCUT2D eigenvalue weighted by molar-refractivity contribution is 7.93. The molecule has 3 rings (SSSR count). The zero-order valence-electron chi connectivity index (χ0n) is 15.9. The Labute approximate surface area is 180 Å². The van der Waals surface area contributed by atoms with Gasteiger partial charge < -0.3 is 0 Å². The second-order valence-electron chi connectivity index (χ2n) is 7.94. The number of halogens is 6. The Morgan fingerprint density at radius 2 is 1.52 bits per heavy atom. The van der Waals surface area contributed by atoms with Gasteiger partial charge in [-0.15, -0.1) is 0 Å². The molecule has 1 fully saturated rings. The Kier molecular flexibility index (Phi) is 5.72. The first kappa shape index (κ1) is 23.9. The second kappa shape index (κ2) is 7.41. The molecule has 0 unspecified atom stereocenters. The molecule has 0 amide bonds. The third-order valence-corrected chi connectivity index (χ3v) is 9.84. The predicted octanol–water partition coefficient (Wildman–Crippen LogP) is 5.02. The van der Waals surface area contributed by atoms with Crippen molar-refractivity contribution in [3.8, 4) is 0 Å². The van der Waals surface area contributed by atoms with Crippen LogP contribution in [-0.2, 0) is 24.4 Å². The summed E-state index contributed by atoms with van der Waals surface area (Å²) < 4.78 is 115. The summed E-state index contributed by atoms with van der Waals surface area (Å²) in [4.78, 5) is -0.304. The lowest BCUT2D eigenvalue weighted by atomic mass is 9.61. The Morgan fingerprint density at radius 1 is 0.968 bits per heavy atom. The van der Waals surface area contributed by atoms with Gasteiger partial charge >= 0.3 is 5.51 Å². The molecule has 0 atom stereocenters. The number of alkyl halides is 3. The normalized spacial score (nSPS) is 24.6. The first-order chi connectivity index (χ1) is 14.0. The number of hydrogen-bond donors (Lipinski definition) is 0. The summed E-state index contributed by atoms with van der Waals surface area (Å²) in [5.74, 6) is -3.39. The maximum atomic E-state index is 14.6. The molecule has 0 aromatic heterocycles. The van der Waals surface area contributed by atoms with Crippen molar-refractivity contribution in [3.63, 3.8) is 0 Å². The molecular formula is C19H16ClF5O4S2. The van der Waals surface area contributed by atoms with Gasteiger partial charge in [0, 0.05) is 10.6 Å². The number of sulfone groups is 2. The average Bonchev–Trinajstić information content (AvgIpc) is 2.60. The fraction of sp³-hybridized carbons (Fsp3) is 0.368. The van der Waals surface area contributed by atoms with Crippen molar-refractivity contribution in [1.82, 2.24) is 0 Å². The van der Waals surface area contributed by atoms with E-state index in [-0.39, 0.29) is 9.92 Å². The fourth-order valence-corrected chi connectivity index (χ4v) is 8.06. The molecule has 1 saturated carbocycles. The van der Waals surface area contributed by atoms with E-state index in [1.165, 1.54) is 19.1 Å². The van der Waals surface area contributed by atoms with Crippen LogP contribution in [0, 0.1) is 17.0 Å². The number of rotatable bonds is 5. The molecule has 4 nitrogen and oxygen atoms in total. The quantitative estimate of drug-likeness (QED) is 0.538. The third kappa shape index (κ3) is 4.07. The van der Waals surface area contributed by atoms with E-state index in [1.54, 1.807) is 0 Å². The summed E-state index contributed by atoms with van der Waals surface area (Å²) in [7, 11) is -10.0. The first-order valence-corrected chi connectivity index (χ1v) is 12.3. The minimum Gasteiger partial charge on any atom is -0.223 e. The van der Waals surface area contributed by atoms with E-state index in [1.807, 2.05) is 0 Å². The smallest absolute Gasteiger partial charge is 0.223 e. The molecule has 0 spiro atoms. The lowest BCUT2D eigenvalue weighted by molar-refractivity contribution is -0.0453. The zero-order valence-corrected chi connectivity index (χ0v) is 18.3. The number of hydrogen-bond acceptors (Lipinski definition) is 4. The van der Waals surface area contributed by atoms with E-state index in [9.17, 15) is 38.8 Å². The monoisotopic (exact) mass is 502 g/mol. The van der Waals surface area contributed by atoms with Crippen LogP contribution in [0.25, 0.3) is 0 Å². The summed E-state index contributed by atoms with van der Waals surface area (Å²) in [6.07, 6.45) is -1.30. The summed E-state index contributed by atoms with van der Waals surface area (Å²) in [6.45, 7) is 1.17. The van der Waals surface area contributed by atoms with E-state index in [0.717, 1.165) is 18.2 Å². The molecular weight excluding hydrogens is 487 g/mol. The standard InChI is InChI=1S/C19H16ClF5O4S2/c1-17(11-30(26,27)19(23,24)25)9-18(10-17,15-8-13(21)4-7-16(15)22)31(28,29)14-5-2-12(20)3-6-14/h2-8H,9-11H2,1H3. The highest BCUT2D eigenvalue weighted by Gasteiger charge is 2.64. The van der Waals surface area contributed by atoms with Gasteiger partial charge in [-0.05, 0) is 60.7 Å². The van der Waals surface area contributed by atoms with Crippen molar-refractivity contribution in [1.29, 1.82) is 0 Å². The van der Waals surface area contributed by atoms with Gasteiger partial charge in [0.15, 0.2) is 9.84 Å². The average molecular weight is 503 g/mol. The van der Waals surface area contributed by atoms with Crippen LogP contribution in [0.5, 0.6) is 0 Å². The minimum absolute atomic E-state index is 0.208. The molecule has 1 aliphatic carbocycles. The van der Waals surface area contributed by atoms with E-state index in [2.05, 4.69) is 0 Å². The molecule has 0 saturated heterocycles. The van der Waals surface area contributed by atoms with Crippen LogP contribution in [0.3, 0.4) is 0 Å². The van der Waals surface area contributed by atoms with E-state index < -0.39 is 71.1 Å². The molecule has 0 bridgehead atoms. The van der Waals surface area contributed by atoms with E-state index in [0.29, 0.717) is 12.1 Å². The van der Waals surface area contributed by atoms with Crippen molar-refractivity contribution in [3.05, 3.63) is 64.7 Å². The lowest BCUT2D eigenvalue weighted by Gasteiger charge is -2.54. The minimum atomic E-state index is -5.56. The maximum absolute atomic E-state index is 14.6. The zero-order chi connectivity index (χ0) is 23.5. The number of benzene rings is 2. The fourth-order valence-electron chi connectivity index (χ4n) is 4.18. The van der Waals surface area contributed by atoms with Gasteiger partial charge in [0.05, 0.1) is 10.6 Å². The topological polar surface area (TPSA) is 68.3 Å². The first-order valence-electron chi connectivity index (χ1n) is 8.78. The van der Waals surface area contributed by atoms with Crippen LogP contribution in [0.4, 0.5) is 22.0 Å². The molecule has 170 valence electrons. The van der Waals surface area contributed by atoms with Crippen molar-refractivity contribution >= 4 is 31.3 Å². The predicted molar refractivity (Wildman–Crippen MR) is 104 cm³/mol. The lowest BCUT2D eigenvalue weighted by Crippen LogP contribution is -2.56. The van der Waals surface area contributed by atoms with Crippen molar-refractivity contribution in [2.24, 2.45) is 5.41 Å². The van der Waals surface area contributed by atoms with Gasteiger partial charge in [-0.25, -0.2) is 25.6 Å².